The van der Waals surface area contributed by atoms with Crippen molar-refractivity contribution in [2.45, 2.75) is 24.6 Å². The van der Waals surface area contributed by atoms with Gasteiger partial charge in [0.25, 0.3) is 0 Å². The van der Waals surface area contributed by atoms with Gasteiger partial charge in [0.05, 0.1) is 0 Å². The molecule has 20 heavy (non-hydrogen) atoms. The fraction of sp³-hybridized carbons (Fsp3) is 0.308. The lowest BCUT2D eigenvalue weighted by atomic mass is 10.1. The second-order valence-electron chi connectivity index (χ2n) is 4.31. The maximum Gasteiger partial charge on any atom is 0.218 e. The number of nitrogens with zero attached hydrogens (tertiary/aromatic N) is 2. The molecule has 106 valence electrons. The number of carbonyl (C=O) groups excluding carboxylic acids is 1. The molecule has 5 nitrogen and oxygen atoms in total. The molecule has 1 amide bonds. The van der Waals surface area contributed by atoms with Gasteiger partial charge >= 0.3 is 0 Å². The van der Waals surface area contributed by atoms with E-state index in [0.29, 0.717) is 12.2 Å². The summed E-state index contributed by atoms with van der Waals surface area (Å²) in [5.41, 5.74) is 8.57. The predicted octanol–water partition coefficient (Wildman–Crippen LogP) is 2.87. The molecule has 0 aliphatic carbocycles. The highest BCUT2D eigenvalue weighted by molar-refractivity contribution is 8.01. The molecule has 0 aliphatic rings. The van der Waals surface area contributed by atoms with Gasteiger partial charge in [-0.15, -0.1) is 10.2 Å². The minimum Gasteiger partial charge on any atom is -0.370 e. The number of hydrogen-bond acceptors (Lipinski definition) is 6. The molecule has 0 radical (unpaired) electrons. The lowest BCUT2D eigenvalue weighted by Gasteiger charge is -2.08. The smallest absolute Gasteiger partial charge is 0.218 e. The SMILES string of the molecule is Cc1cccc(Nc2nnc(SCCC(N)=O)s2)c1C. The van der Waals surface area contributed by atoms with E-state index in [4.69, 9.17) is 5.73 Å². The summed E-state index contributed by atoms with van der Waals surface area (Å²) in [6, 6.07) is 6.10. The van der Waals surface area contributed by atoms with Crippen molar-refractivity contribution >= 4 is 39.8 Å². The molecule has 0 atom stereocenters. The lowest BCUT2D eigenvalue weighted by Crippen LogP contribution is -2.10. The molecule has 3 N–H and O–H groups in total. The van der Waals surface area contributed by atoms with Crippen molar-refractivity contribution in [3.05, 3.63) is 29.3 Å². The van der Waals surface area contributed by atoms with Crippen LogP contribution in [0.5, 0.6) is 0 Å². The van der Waals surface area contributed by atoms with Crippen molar-refractivity contribution in [2.75, 3.05) is 11.1 Å². The van der Waals surface area contributed by atoms with Crippen molar-refractivity contribution in [3.63, 3.8) is 0 Å². The third-order valence-corrected chi connectivity index (χ3v) is 4.80. The highest BCUT2D eigenvalue weighted by Gasteiger charge is 2.07. The van der Waals surface area contributed by atoms with E-state index in [1.807, 2.05) is 12.1 Å². The average molecular weight is 308 g/mol. The van der Waals surface area contributed by atoms with E-state index >= 15 is 0 Å². The zero-order valence-electron chi connectivity index (χ0n) is 11.3. The van der Waals surface area contributed by atoms with E-state index in [-0.39, 0.29) is 5.91 Å². The molecule has 0 unspecified atom stereocenters. The summed E-state index contributed by atoms with van der Waals surface area (Å²) in [6.07, 6.45) is 0.351. The molecule has 1 aromatic carbocycles. The van der Waals surface area contributed by atoms with Crippen LogP contribution in [-0.2, 0) is 4.79 Å². The van der Waals surface area contributed by atoms with Crippen LogP contribution in [0.25, 0.3) is 0 Å². The highest BCUT2D eigenvalue weighted by Crippen LogP contribution is 2.29. The van der Waals surface area contributed by atoms with Gasteiger partial charge in [-0.3, -0.25) is 4.79 Å². The van der Waals surface area contributed by atoms with Crippen LogP contribution in [-0.4, -0.2) is 21.9 Å². The summed E-state index contributed by atoms with van der Waals surface area (Å²) in [5.74, 6) is 0.337. The van der Waals surface area contributed by atoms with E-state index in [9.17, 15) is 4.79 Å². The zero-order valence-corrected chi connectivity index (χ0v) is 13.0. The molecular formula is C13H16N4OS2. The summed E-state index contributed by atoms with van der Waals surface area (Å²) < 4.78 is 0.832. The van der Waals surface area contributed by atoms with Gasteiger partial charge in [0, 0.05) is 17.9 Å². The van der Waals surface area contributed by atoms with Gasteiger partial charge in [-0.2, -0.15) is 0 Å². The third kappa shape index (κ3) is 3.94. The quantitative estimate of drug-likeness (QED) is 0.802. The number of primary amides is 1. The standard InChI is InChI=1S/C13H16N4OS2/c1-8-4-3-5-10(9(8)2)15-12-16-17-13(20-12)19-7-6-11(14)18/h3-5H,6-7H2,1-2H3,(H2,14,18)(H,15,16). The van der Waals surface area contributed by atoms with E-state index in [0.717, 1.165) is 15.2 Å². The van der Waals surface area contributed by atoms with Crippen molar-refractivity contribution < 1.29 is 4.79 Å². The Morgan fingerprint density at radius 3 is 2.95 bits per heavy atom. The summed E-state index contributed by atoms with van der Waals surface area (Å²) >= 11 is 2.96. The predicted molar refractivity (Wildman–Crippen MR) is 83.6 cm³/mol. The van der Waals surface area contributed by atoms with Crippen molar-refractivity contribution in [1.29, 1.82) is 0 Å². The Hall–Kier alpha value is -1.60. The van der Waals surface area contributed by atoms with Gasteiger partial charge < -0.3 is 11.1 Å². The van der Waals surface area contributed by atoms with Crippen LogP contribution in [0.15, 0.2) is 22.5 Å². The Morgan fingerprint density at radius 1 is 1.40 bits per heavy atom. The lowest BCUT2D eigenvalue weighted by molar-refractivity contribution is -0.117. The number of carbonyl (C=O) groups is 1. The molecule has 0 spiro atoms. The Kier molecular flexibility index (Phi) is 4.97. The van der Waals surface area contributed by atoms with Crippen LogP contribution in [0.4, 0.5) is 10.8 Å². The first-order valence-electron chi connectivity index (χ1n) is 6.14. The number of hydrogen-bond donors (Lipinski definition) is 2. The summed E-state index contributed by atoms with van der Waals surface area (Å²) in [7, 11) is 0. The largest absolute Gasteiger partial charge is 0.370 e. The van der Waals surface area contributed by atoms with Crippen molar-refractivity contribution in [3.8, 4) is 0 Å². The number of thioether (sulfide) groups is 1. The number of nitrogens with two attached hydrogens (primary N) is 1. The minimum atomic E-state index is -0.296. The zero-order chi connectivity index (χ0) is 14.5. The van der Waals surface area contributed by atoms with Crippen LogP contribution in [0.2, 0.25) is 0 Å². The Labute approximate surface area is 126 Å². The number of aromatic nitrogens is 2. The topological polar surface area (TPSA) is 80.9 Å². The first-order valence-corrected chi connectivity index (χ1v) is 7.94. The van der Waals surface area contributed by atoms with E-state index in [2.05, 4.69) is 35.4 Å². The molecule has 2 rings (SSSR count). The molecule has 0 bridgehead atoms. The Morgan fingerprint density at radius 2 is 2.20 bits per heavy atom. The van der Waals surface area contributed by atoms with Gasteiger partial charge in [-0.05, 0) is 31.0 Å². The monoisotopic (exact) mass is 308 g/mol. The normalized spacial score (nSPS) is 10.5. The van der Waals surface area contributed by atoms with Gasteiger partial charge in [0.15, 0.2) is 4.34 Å². The molecule has 0 aliphatic heterocycles. The summed E-state index contributed by atoms with van der Waals surface area (Å²) in [4.78, 5) is 10.7. The number of benzene rings is 1. The first kappa shape index (κ1) is 14.8. The van der Waals surface area contributed by atoms with Crippen LogP contribution < -0.4 is 11.1 Å². The summed E-state index contributed by atoms with van der Waals surface area (Å²) in [5, 5.41) is 12.2. The first-order chi connectivity index (χ1) is 9.56. The molecule has 0 fully saturated rings. The van der Waals surface area contributed by atoms with Crippen LogP contribution in [0.3, 0.4) is 0 Å². The van der Waals surface area contributed by atoms with E-state index in [1.165, 1.54) is 34.2 Å². The van der Waals surface area contributed by atoms with Crippen molar-refractivity contribution in [2.24, 2.45) is 5.73 Å². The number of rotatable bonds is 6. The molecular weight excluding hydrogens is 292 g/mol. The maximum atomic E-state index is 10.7. The highest BCUT2D eigenvalue weighted by atomic mass is 32.2. The number of nitrogens with one attached hydrogen (secondary N) is 1. The number of anilines is 2. The fourth-order valence-corrected chi connectivity index (χ4v) is 3.35. The van der Waals surface area contributed by atoms with Crippen LogP contribution >= 0.6 is 23.1 Å². The average Bonchev–Trinajstić information content (AvgIpc) is 2.82. The number of aryl methyl sites for hydroxylation is 1. The van der Waals surface area contributed by atoms with Crippen molar-refractivity contribution in [1.82, 2.24) is 10.2 Å². The maximum absolute atomic E-state index is 10.7. The minimum absolute atomic E-state index is 0.296. The van der Waals surface area contributed by atoms with Gasteiger partial charge in [-0.25, -0.2) is 0 Å². The second kappa shape index (κ2) is 6.71. The third-order valence-electron chi connectivity index (χ3n) is 2.83. The van der Waals surface area contributed by atoms with Crippen LogP contribution in [0.1, 0.15) is 17.5 Å². The molecule has 0 saturated carbocycles. The molecule has 2 aromatic rings. The second-order valence-corrected chi connectivity index (χ2v) is 6.63. The molecule has 7 heteroatoms. The van der Waals surface area contributed by atoms with Gasteiger partial charge in [0.2, 0.25) is 11.0 Å². The number of amides is 1. The van der Waals surface area contributed by atoms with Gasteiger partial charge in [-0.1, -0.05) is 35.2 Å². The Balaban J connectivity index is 1.99. The molecule has 1 heterocycles. The molecule has 1 aromatic heterocycles. The summed E-state index contributed by atoms with van der Waals surface area (Å²) in [6.45, 7) is 4.15. The van der Waals surface area contributed by atoms with Crippen LogP contribution in [0, 0.1) is 13.8 Å². The van der Waals surface area contributed by atoms with E-state index < -0.39 is 0 Å². The molecule has 0 saturated heterocycles. The van der Waals surface area contributed by atoms with Gasteiger partial charge in [0.1, 0.15) is 0 Å². The van der Waals surface area contributed by atoms with E-state index in [1.54, 1.807) is 0 Å². The fourth-order valence-electron chi connectivity index (χ4n) is 1.56. The Bertz CT molecular complexity index is 612.